The average molecular weight is 247 g/mol. The molecule has 2 rings (SSSR count). The number of nitro benzene ring substituents is 1. The Morgan fingerprint density at radius 3 is 2.83 bits per heavy atom. The molecule has 1 N–H and O–H groups in total. The Morgan fingerprint density at radius 2 is 2.17 bits per heavy atom. The lowest BCUT2D eigenvalue weighted by Gasteiger charge is -2.05. The van der Waals surface area contributed by atoms with Gasteiger partial charge in [-0.2, -0.15) is 4.39 Å². The van der Waals surface area contributed by atoms with Crippen molar-refractivity contribution < 1.29 is 9.31 Å². The molecule has 1 heterocycles. The van der Waals surface area contributed by atoms with Crippen LogP contribution in [0.1, 0.15) is 5.56 Å². The Morgan fingerprint density at radius 1 is 1.33 bits per heavy atom. The molecule has 0 amide bonds. The molecule has 0 radical (unpaired) electrons. The zero-order valence-electron chi connectivity index (χ0n) is 9.34. The van der Waals surface area contributed by atoms with Gasteiger partial charge >= 0.3 is 0 Å². The van der Waals surface area contributed by atoms with Crippen LogP contribution in [0.15, 0.2) is 42.6 Å². The first-order valence-electron chi connectivity index (χ1n) is 5.24. The second kappa shape index (κ2) is 5.22. The van der Waals surface area contributed by atoms with E-state index < -0.39 is 10.9 Å². The first-order valence-corrected chi connectivity index (χ1v) is 5.24. The quantitative estimate of drug-likeness (QED) is 0.512. The van der Waals surface area contributed by atoms with Crippen LogP contribution >= 0.6 is 0 Å². The number of nitrogens with zero attached hydrogens (tertiary/aromatic N) is 2. The van der Waals surface area contributed by atoms with Crippen LogP contribution in [0.2, 0.25) is 0 Å². The van der Waals surface area contributed by atoms with Crippen molar-refractivity contribution in [3.63, 3.8) is 0 Å². The second-order valence-electron chi connectivity index (χ2n) is 3.65. The Hall–Kier alpha value is -2.50. The van der Waals surface area contributed by atoms with Crippen LogP contribution in [-0.4, -0.2) is 9.91 Å². The summed E-state index contributed by atoms with van der Waals surface area (Å²) in [6, 6.07) is 9.12. The summed E-state index contributed by atoms with van der Waals surface area (Å²) in [7, 11) is 0. The predicted molar refractivity (Wildman–Crippen MR) is 64.6 cm³/mol. The maximum absolute atomic E-state index is 12.6. The van der Waals surface area contributed by atoms with E-state index in [-0.39, 0.29) is 5.69 Å². The summed E-state index contributed by atoms with van der Waals surface area (Å²) in [6.07, 6.45) is 1.37. The highest BCUT2D eigenvalue weighted by Gasteiger charge is 2.05. The standard InChI is InChI=1S/C12H10FN3O2/c13-12-5-4-10(8-15-12)14-7-9-2-1-3-11(6-9)16(17)18/h1-6,8,14H,7H2. The highest BCUT2D eigenvalue weighted by Crippen LogP contribution is 2.14. The summed E-state index contributed by atoms with van der Waals surface area (Å²) in [5.41, 5.74) is 1.47. The maximum Gasteiger partial charge on any atom is 0.269 e. The number of halogens is 1. The van der Waals surface area contributed by atoms with Gasteiger partial charge in [-0.1, -0.05) is 12.1 Å². The Balaban J connectivity index is 2.04. The number of anilines is 1. The van der Waals surface area contributed by atoms with E-state index in [4.69, 9.17) is 0 Å². The van der Waals surface area contributed by atoms with E-state index in [9.17, 15) is 14.5 Å². The summed E-state index contributed by atoms with van der Waals surface area (Å²) in [4.78, 5) is 13.7. The third-order valence-corrected chi connectivity index (χ3v) is 2.35. The molecule has 0 spiro atoms. The van der Waals surface area contributed by atoms with Crippen LogP contribution in [0.5, 0.6) is 0 Å². The average Bonchev–Trinajstić information content (AvgIpc) is 2.38. The lowest BCUT2D eigenvalue weighted by atomic mass is 10.2. The number of non-ortho nitro benzene ring substituents is 1. The zero-order valence-corrected chi connectivity index (χ0v) is 9.34. The molecular weight excluding hydrogens is 237 g/mol. The van der Waals surface area contributed by atoms with E-state index in [0.717, 1.165) is 5.56 Å². The molecule has 6 heteroatoms. The van der Waals surface area contributed by atoms with Gasteiger partial charge in [-0.3, -0.25) is 10.1 Å². The Bertz CT molecular complexity index is 558. The maximum atomic E-state index is 12.6. The van der Waals surface area contributed by atoms with Gasteiger partial charge in [0.25, 0.3) is 5.69 Å². The molecule has 0 saturated carbocycles. The third-order valence-electron chi connectivity index (χ3n) is 2.35. The summed E-state index contributed by atoms with van der Waals surface area (Å²) in [5, 5.41) is 13.6. The first kappa shape index (κ1) is 12.0. The number of hydrogen-bond donors (Lipinski definition) is 1. The van der Waals surface area contributed by atoms with Crippen LogP contribution in [-0.2, 0) is 6.54 Å². The largest absolute Gasteiger partial charge is 0.380 e. The van der Waals surface area contributed by atoms with Gasteiger partial charge in [0, 0.05) is 18.7 Å². The summed E-state index contributed by atoms with van der Waals surface area (Å²) < 4.78 is 12.6. The Kier molecular flexibility index (Phi) is 3.47. The normalized spacial score (nSPS) is 10.1. The molecule has 0 fully saturated rings. The SMILES string of the molecule is O=[N+]([O-])c1cccc(CNc2ccc(F)nc2)c1. The van der Waals surface area contributed by atoms with E-state index in [2.05, 4.69) is 10.3 Å². The lowest BCUT2D eigenvalue weighted by Crippen LogP contribution is -2.00. The molecule has 0 aliphatic heterocycles. The minimum Gasteiger partial charge on any atom is -0.380 e. The van der Waals surface area contributed by atoms with E-state index in [1.54, 1.807) is 18.2 Å². The van der Waals surface area contributed by atoms with Crippen molar-refractivity contribution in [2.24, 2.45) is 0 Å². The van der Waals surface area contributed by atoms with Crippen LogP contribution in [0.3, 0.4) is 0 Å². The summed E-state index contributed by atoms with van der Waals surface area (Å²) >= 11 is 0. The molecule has 0 saturated heterocycles. The molecule has 1 aromatic heterocycles. The van der Waals surface area contributed by atoms with Crippen molar-refractivity contribution in [2.75, 3.05) is 5.32 Å². The van der Waals surface area contributed by atoms with Gasteiger partial charge in [-0.25, -0.2) is 4.98 Å². The fourth-order valence-electron chi connectivity index (χ4n) is 1.46. The van der Waals surface area contributed by atoms with Gasteiger partial charge < -0.3 is 5.32 Å². The zero-order chi connectivity index (χ0) is 13.0. The van der Waals surface area contributed by atoms with Gasteiger partial charge in [0.2, 0.25) is 5.95 Å². The molecular formula is C12H10FN3O2. The van der Waals surface area contributed by atoms with Crippen molar-refractivity contribution in [3.05, 3.63) is 64.2 Å². The first-order chi connectivity index (χ1) is 8.65. The molecule has 0 unspecified atom stereocenters. The van der Waals surface area contributed by atoms with Crippen molar-refractivity contribution in [1.29, 1.82) is 0 Å². The smallest absolute Gasteiger partial charge is 0.269 e. The molecule has 92 valence electrons. The number of benzene rings is 1. The second-order valence-corrected chi connectivity index (χ2v) is 3.65. The number of pyridine rings is 1. The van der Waals surface area contributed by atoms with Gasteiger partial charge in [0.1, 0.15) is 0 Å². The van der Waals surface area contributed by atoms with Gasteiger partial charge in [-0.05, 0) is 17.7 Å². The number of hydrogen-bond acceptors (Lipinski definition) is 4. The Labute approximate surface area is 102 Å². The van der Waals surface area contributed by atoms with E-state index in [1.807, 2.05) is 0 Å². The molecule has 18 heavy (non-hydrogen) atoms. The fraction of sp³-hybridized carbons (Fsp3) is 0.0833. The third kappa shape index (κ3) is 3.00. The molecule has 2 aromatic rings. The minimum absolute atomic E-state index is 0.0477. The highest BCUT2D eigenvalue weighted by molar-refractivity contribution is 5.42. The fourth-order valence-corrected chi connectivity index (χ4v) is 1.46. The molecule has 0 atom stereocenters. The van der Waals surface area contributed by atoms with Crippen molar-refractivity contribution in [3.8, 4) is 0 Å². The summed E-state index contributed by atoms with van der Waals surface area (Å²) in [5.74, 6) is -0.545. The monoisotopic (exact) mass is 247 g/mol. The number of nitrogens with one attached hydrogen (secondary N) is 1. The molecule has 1 aromatic carbocycles. The number of rotatable bonds is 4. The van der Waals surface area contributed by atoms with E-state index in [0.29, 0.717) is 12.2 Å². The van der Waals surface area contributed by atoms with Gasteiger partial charge in [-0.15, -0.1) is 0 Å². The molecule has 0 bridgehead atoms. The van der Waals surface area contributed by atoms with Crippen molar-refractivity contribution >= 4 is 11.4 Å². The van der Waals surface area contributed by atoms with Crippen molar-refractivity contribution in [2.45, 2.75) is 6.54 Å². The van der Waals surface area contributed by atoms with Crippen LogP contribution < -0.4 is 5.32 Å². The predicted octanol–water partition coefficient (Wildman–Crippen LogP) is 2.74. The van der Waals surface area contributed by atoms with Crippen LogP contribution in [0, 0.1) is 16.1 Å². The number of nitro groups is 1. The molecule has 5 nitrogen and oxygen atoms in total. The van der Waals surface area contributed by atoms with Gasteiger partial charge in [0.05, 0.1) is 16.8 Å². The van der Waals surface area contributed by atoms with Crippen LogP contribution in [0.4, 0.5) is 15.8 Å². The summed E-state index contributed by atoms with van der Waals surface area (Å²) in [6.45, 7) is 0.412. The van der Waals surface area contributed by atoms with Crippen molar-refractivity contribution in [1.82, 2.24) is 4.98 Å². The van der Waals surface area contributed by atoms with Gasteiger partial charge in [0.15, 0.2) is 0 Å². The van der Waals surface area contributed by atoms with E-state index >= 15 is 0 Å². The van der Waals surface area contributed by atoms with Crippen LogP contribution in [0.25, 0.3) is 0 Å². The topological polar surface area (TPSA) is 68.1 Å². The highest BCUT2D eigenvalue weighted by atomic mass is 19.1. The molecule has 0 aliphatic rings. The van der Waals surface area contributed by atoms with E-state index in [1.165, 1.54) is 24.4 Å². The minimum atomic E-state index is -0.545. The molecule has 0 aliphatic carbocycles. The lowest BCUT2D eigenvalue weighted by molar-refractivity contribution is -0.384. The number of aromatic nitrogens is 1.